The molecule has 0 radical (unpaired) electrons. The van der Waals surface area contributed by atoms with Crippen molar-refractivity contribution in [2.45, 2.75) is 51.0 Å². The number of carbonyl (C=O) groups is 1. The molecule has 1 N–H and O–H groups in total. The number of piperidine rings is 1. The lowest BCUT2D eigenvalue weighted by atomic mass is 9.84. The van der Waals surface area contributed by atoms with Crippen LogP contribution in [0.2, 0.25) is 5.02 Å². The minimum atomic E-state index is -0.769. The Hall–Kier alpha value is -1.68. The normalized spacial score (nSPS) is 17.0. The first-order valence-corrected chi connectivity index (χ1v) is 10.6. The molecule has 0 aliphatic carbocycles. The van der Waals surface area contributed by atoms with Gasteiger partial charge in [-0.1, -0.05) is 61.8 Å². The predicted molar refractivity (Wildman–Crippen MR) is 115 cm³/mol. The van der Waals surface area contributed by atoms with Gasteiger partial charge in [-0.25, -0.2) is 0 Å². The Labute approximate surface area is 173 Å². The monoisotopic (exact) mass is 399 g/mol. The number of ketones is 1. The van der Waals surface area contributed by atoms with Crippen molar-refractivity contribution in [2.24, 2.45) is 0 Å². The molecule has 1 aliphatic rings. The molecule has 0 amide bonds. The standard InChI is InChI=1S/C24H30ClNO2/c1-18(2)19-5-7-20(8-6-19)23(27)4-3-15-26-16-13-24(28,14-17-26)21-9-11-22(25)12-10-21/h5-12,18,28H,3-4,13-17H2,1-2H3. The summed E-state index contributed by atoms with van der Waals surface area (Å²) in [6.45, 7) is 6.90. The summed E-state index contributed by atoms with van der Waals surface area (Å²) in [5.74, 6) is 0.694. The van der Waals surface area contributed by atoms with Gasteiger partial charge in [0.05, 0.1) is 5.60 Å². The van der Waals surface area contributed by atoms with E-state index in [9.17, 15) is 9.90 Å². The summed E-state index contributed by atoms with van der Waals surface area (Å²) in [5, 5.41) is 11.6. The van der Waals surface area contributed by atoms with Crippen molar-refractivity contribution in [1.82, 2.24) is 4.90 Å². The minimum absolute atomic E-state index is 0.213. The zero-order chi connectivity index (χ0) is 20.1. The number of hydrogen-bond acceptors (Lipinski definition) is 3. The van der Waals surface area contributed by atoms with Crippen LogP contribution < -0.4 is 0 Å². The number of benzene rings is 2. The summed E-state index contributed by atoms with van der Waals surface area (Å²) in [4.78, 5) is 14.8. The highest BCUT2D eigenvalue weighted by molar-refractivity contribution is 6.30. The Kier molecular flexibility index (Phi) is 6.92. The van der Waals surface area contributed by atoms with Crippen molar-refractivity contribution in [1.29, 1.82) is 0 Å². The maximum atomic E-state index is 12.4. The molecule has 150 valence electrons. The van der Waals surface area contributed by atoms with Gasteiger partial charge in [0.15, 0.2) is 5.78 Å². The van der Waals surface area contributed by atoms with Crippen LogP contribution in [0.25, 0.3) is 0 Å². The van der Waals surface area contributed by atoms with Crippen molar-refractivity contribution in [2.75, 3.05) is 19.6 Å². The van der Waals surface area contributed by atoms with Crippen LogP contribution in [-0.2, 0) is 5.60 Å². The van der Waals surface area contributed by atoms with Crippen LogP contribution >= 0.6 is 11.6 Å². The summed E-state index contributed by atoms with van der Waals surface area (Å²) in [5.41, 5.74) is 2.24. The summed E-state index contributed by atoms with van der Waals surface area (Å²) >= 11 is 5.95. The van der Waals surface area contributed by atoms with Crippen molar-refractivity contribution < 1.29 is 9.90 Å². The molecule has 0 atom stereocenters. The van der Waals surface area contributed by atoms with Gasteiger partial charge >= 0.3 is 0 Å². The van der Waals surface area contributed by atoms with Gasteiger partial charge in [-0.2, -0.15) is 0 Å². The molecule has 1 saturated heterocycles. The molecule has 1 fully saturated rings. The molecule has 1 aliphatic heterocycles. The van der Waals surface area contributed by atoms with Crippen LogP contribution in [0.4, 0.5) is 0 Å². The number of nitrogens with zero attached hydrogens (tertiary/aromatic N) is 1. The lowest BCUT2D eigenvalue weighted by Gasteiger charge is -2.38. The van der Waals surface area contributed by atoms with Gasteiger partial charge < -0.3 is 10.0 Å². The quantitative estimate of drug-likeness (QED) is 0.633. The van der Waals surface area contributed by atoms with Crippen molar-refractivity contribution >= 4 is 17.4 Å². The zero-order valence-corrected chi connectivity index (χ0v) is 17.6. The van der Waals surface area contributed by atoms with E-state index >= 15 is 0 Å². The molecule has 0 spiro atoms. The van der Waals surface area contributed by atoms with E-state index in [0.717, 1.165) is 37.2 Å². The fourth-order valence-electron chi connectivity index (χ4n) is 3.86. The second-order valence-electron chi connectivity index (χ2n) is 8.18. The summed E-state index contributed by atoms with van der Waals surface area (Å²) in [6.07, 6.45) is 2.83. The van der Waals surface area contributed by atoms with Crippen LogP contribution in [0, 0.1) is 0 Å². The van der Waals surface area contributed by atoms with E-state index in [1.165, 1.54) is 5.56 Å². The second-order valence-corrected chi connectivity index (χ2v) is 8.62. The third-order valence-electron chi connectivity index (χ3n) is 5.84. The van der Waals surface area contributed by atoms with Crippen LogP contribution in [0.1, 0.15) is 66.9 Å². The summed E-state index contributed by atoms with van der Waals surface area (Å²) < 4.78 is 0. The topological polar surface area (TPSA) is 40.5 Å². The Morgan fingerprint density at radius 3 is 2.25 bits per heavy atom. The number of halogens is 1. The largest absolute Gasteiger partial charge is 0.385 e. The Bertz CT molecular complexity index is 775. The first kappa shape index (κ1) is 21.0. The van der Waals surface area contributed by atoms with Crippen LogP contribution in [0.15, 0.2) is 48.5 Å². The molecule has 0 aromatic heterocycles. The molecular formula is C24H30ClNO2. The van der Waals surface area contributed by atoms with E-state index in [1.807, 2.05) is 36.4 Å². The van der Waals surface area contributed by atoms with Crippen LogP contribution in [0.5, 0.6) is 0 Å². The highest BCUT2D eigenvalue weighted by atomic mass is 35.5. The van der Waals surface area contributed by atoms with Crippen molar-refractivity contribution in [3.63, 3.8) is 0 Å². The molecule has 0 bridgehead atoms. The number of Topliss-reactive ketones (excluding diaryl/α,β-unsaturated/α-hetero) is 1. The molecule has 0 unspecified atom stereocenters. The van der Waals surface area contributed by atoms with E-state index in [1.54, 1.807) is 0 Å². The Morgan fingerprint density at radius 1 is 1.07 bits per heavy atom. The molecular weight excluding hydrogens is 370 g/mol. The smallest absolute Gasteiger partial charge is 0.162 e. The molecule has 2 aromatic rings. The number of hydrogen-bond donors (Lipinski definition) is 1. The van der Waals surface area contributed by atoms with Gasteiger partial charge in [0.1, 0.15) is 0 Å². The van der Waals surface area contributed by atoms with Gasteiger partial charge in [0.25, 0.3) is 0 Å². The molecule has 2 aromatic carbocycles. The van der Waals surface area contributed by atoms with Gasteiger partial charge in [-0.3, -0.25) is 4.79 Å². The van der Waals surface area contributed by atoms with Gasteiger partial charge in [0.2, 0.25) is 0 Å². The highest BCUT2D eigenvalue weighted by Gasteiger charge is 2.33. The third-order valence-corrected chi connectivity index (χ3v) is 6.09. The van der Waals surface area contributed by atoms with Crippen molar-refractivity contribution in [3.8, 4) is 0 Å². The number of carbonyl (C=O) groups excluding carboxylic acids is 1. The van der Waals surface area contributed by atoms with E-state index in [4.69, 9.17) is 11.6 Å². The zero-order valence-electron chi connectivity index (χ0n) is 16.8. The van der Waals surface area contributed by atoms with E-state index < -0.39 is 5.60 Å². The Balaban J connectivity index is 1.44. The molecule has 28 heavy (non-hydrogen) atoms. The maximum absolute atomic E-state index is 12.4. The summed E-state index contributed by atoms with van der Waals surface area (Å²) in [7, 11) is 0. The summed E-state index contributed by atoms with van der Waals surface area (Å²) in [6, 6.07) is 15.5. The average Bonchev–Trinajstić information content (AvgIpc) is 2.70. The fourth-order valence-corrected chi connectivity index (χ4v) is 3.98. The first-order valence-electron chi connectivity index (χ1n) is 10.2. The molecule has 1 heterocycles. The lowest BCUT2D eigenvalue weighted by molar-refractivity contribution is -0.0260. The fraction of sp³-hybridized carbons (Fsp3) is 0.458. The van der Waals surface area contributed by atoms with E-state index in [-0.39, 0.29) is 5.78 Å². The highest BCUT2D eigenvalue weighted by Crippen LogP contribution is 2.33. The molecule has 3 nitrogen and oxygen atoms in total. The van der Waals surface area contributed by atoms with Crippen LogP contribution in [0.3, 0.4) is 0 Å². The minimum Gasteiger partial charge on any atom is -0.385 e. The third kappa shape index (κ3) is 5.22. The molecule has 4 heteroatoms. The number of likely N-dealkylation sites (tertiary alicyclic amines) is 1. The molecule has 0 saturated carbocycles. The van der Waals surface area contributed by atoms with Gasteiger partial charge in [0, 0.05) is 30.1 Å². The first-order chi connectivity index (χ1) is 13.4. The van der Waals surface area contributed by atoms with E-state index in [2.05, 4.69) is 30.9 Å². The maximum Gasteiger partial charge on any atom is 0.162 e. The SMILES string of the molecule is CC(C)c1ccc(C(=O)CCCN2CCC(O)(c3ccc(Cl)cc3)CC2)cc1. The molecule has 3 rings (SSSR count). The average molecular weight is 400 g/mol. The number of rotatable bonds is 7. The van der Waals surface area contributed by atoms with Crippen LogP contribution in [-0.4, -0.2) is 35.4 Å². The number of aliphatic hydroxyl groups is 1. The van der Waals surface area contributed by atoms with Gasteiger partial charge in [-0.05, 0) is 55.0 Å². The van der Waals surface area contributed by atoms with Crippen molar-refractivity contribution in [3.05, 3.63) is 70.2 Å². The Morgan fingerprint density at radius 2 is 1.68 bits per heavy atom. The second kappa shape index (κ2) is 9.21. The predicted octanol–water partition coefficient (Wildman–Crippen LogP) is 5.41. The lowest BCUT2D eigenvalue weighted by Crippen LogP contribution is -2.42. The van der Waals surface area contributed by atoms with Gasteiger partial charge in [-0.15, -0.1) is 0 Å². The van der Waals surface area contributed by atoms with E-state index in [0.29, 0.717) is 30.2 Å².